The lowest BCUT2D eigenvalue weighted by Crippen LogP contribution is -2.29. The molecule has 64 valence electrons. The van der Waals surface area contributed by atoms with Crippen LogP contribution in [0.2, 0.25) is 0 Å². The van der Waals surface area contributed by atoms with E-state index >= 15 is 0 Å². The second-order valence-corrected chi connectivity index (χ2v) is 1.76. The number of hydrogen-bond donors (Lipinski definition) is 0. The van der Waals surface area contributed by atoms with Gasteiger partial charge in [-0.2, -0.15) is 5.26 Å². The Kier molecular flexibility index (Phi) is 4.49. The van der Waals surface area contributed by atoms with Crippen LogP contribution < -0.4 is 0 Å². The van der Waals surface area contributed by atoms with Crippen molar-refractivity contribution < 1.29 is 17.9 Å². The average Bonchev–Trinajstić information content (AvgIpc) is 1.86. The second-order valence-electron chi connectivity index (χ2n) is 1.76. The van der Waals surface area contributed by atoms with Crippen molar-refractivity contribution >= 4 is 0 Å². The van der Waals surface area contributed by atoms with Crippen molar-refractivity contribution in [3.05, 3.63) is 0 Å². The average molecular weight is 171 g/mol. The quantitative estimate of drug-likeness (QED) is 0.473. The van der Waals surface area contributed by atoms with Crippen molar-refractivity contribution in [2.24, 2.45) is 0 Å². The molecule has 0 aliphatic heterocycles. The minimum absolute atomic E-state index is 0.628. The van der Waals surface area contributed by atoms with Gasteiger partial charge in [0.25, 0.3) is 0 Å². The van der Waals surface area contributed by atoms with Crippen LogP contribution in [0.5, 0.6) is 0 Å². The Bertz CT molecular complexity index is 143. The zero-order chi connectivity index (χ0) is 8.85. The molecule has 1 unspecified atom stereocenters. The van der Waals surface area contributed by atoms with Gasteiger partial charge in [0, 0.05) is 10.7 Å². The van der Waals surface area contributed by atoms with E-state index in [0.29, 0.717) is 0 Å². The van der Waals surface area contributed by atoms with Gasteiger partial charge in [0.1, 0.15) is 6.04 Å². The molecule has 0 radical (unpaired) electrons. The van der Waals surface area contributed by atoms with Crippen LogP contribution in [0.1, 0.15) is 6.42 Å². The van der Waals surface area contributed by atoms with Crippen LogP contribution in [-0.4, -0.2) is 23.3 Å². The molecule has 0 N–H and O–H groups in total. The summed E-state index contributed by atoms with van der Waals surface area (Å²) >= 11 is 0. The monoisotopic (exact) mass is 171 g/mol. The Morgan fingerprint density at radius 3 is 2.09 bits per heavy atom. The molecule has 0 aromatic rings. The number of nitriles is 1. The number of halogens is 4. The topological polar surface area (TPSA) is 30.3 Å². The van der Waals surface area contributed by atoms with E-state index < -0.39 is 29.7 Å². The Morgan fingerprint density at radius 2 is 1.82 bits per heavy atom. The van der Waals surface area contributed by atoms with Crippen molar-refractivity contribution in [1.29, 1.82) is 5.26 Å². The maximum atomic E-state index is 11.6. The van der Waals surface area contributed by atoms with Gasteiger partial charge < -0.3 is 0 Å². The molecule has 0 bridgehead atoms. The Balaban J connectivity index is 3.81. The van der Waals surface area contributed by atoms with Crippen LogP contribution in [0.25, 0.3) is 0 Å². The molecule has 0 saturated carbocycles. The largest absolute Gasteiger partial charge is 0.198 e. The van der Waals surface area contributed by atoms with Crippen LogP contribution in [0.4, 0.5) is 17.9 Å². The summed E-state index contributed by atoms with van der Waals surface area (Å²) in [6.07, 6.45) is -0.628. The predicted octanol–water partition coefficient (Wildman–Crippen LogP) is 1.41. The smallest absolute Gasteiger partial charge is 0.104 e. The summed E-state index contributed by atoms with van der Waals surface area (Å²) in [5.41, 5.74) is 0. The van der Waals surface area contributed by atoms with Gasteiger partial charge in [-0.1, -0.05) is 0 Å². The van der Waals surface area contributed by atoms with Crippen LogP contribution in [-0.2, 0) is 0 Å². The highest BCUT2D eigenvalue weighted by atomic mass is 19.4. The zero-order valence-electron chi connectivity index (χ0n) is 5.35. The molecule has 0 amide bonds. The molecule has 0 spiro atoms. The molecule has 11 heavy (non-hydrogen) atoms. The van der Waals surface area contributed by atoms with E-state index in [9.17, 15) is 17.9 Å². The van der Waals surface area contributed by atoms with Crippen molar-refractivity contribution in [3.63, 3.8) is 0 Å². The van der Waals surface area contributed by atoms with Gasteiger partial charge in [0.2, 0.25) is 0 Å². The molecule has 3 nitrogen and oxygen atoms in total. The Labute approximate surface area is 60.1 Å². The molecule has 0 aromatic heterocycles. The normalized spacial score (nSPS) is 13.5. The van der Waals surface area contributed by atoms with Crippen molar-refractivity contribution in [2.45, 2.75) is 12.5 Å². The van der Waals surface area contributed by atoms with Crippen molar-refractivity contribution in [3.8, 4) is 6.07 Å². The molecule has 0 aromatic carbocycles. The summed E-state index contributed by atoms with van der Waals surface area (Å²) in [7, 11) is 0. The maximum absolute atomic E-state index is 11.6. The fourth-order valence-corrected chi connectivity index (χ4v) is 0.460. The second kappa shape index (κ2) is 4.87. The molecular weight excluding hydrogens is 166 g/mol. The van der Waals surface area contributed by atoms with Gasteiger partial charge in [-0.3, -0.25) is 0 Å². The molecule has 0 fully saturated rings. The molecular formula is C4H5F4N3. The highest BCUT2D eigenvalue weighted by molar-refractivity contribution is 4.78. The first-order valence-corrected chi connectivity index (χ1v) is 2.64. The molecule has 0 aliphatic rings. The first kappa shape index (κ1) is 10.1. The summed E-state index contributed by atoms with van der Waals surface area (Å²) in [6.45, 7) is -1.14. The van der Waals surface area contributed by atoms with E-state index in [0.717, 1.165) is 0 Å². The van der Waals surface area contributed by atoms with E-state index in [1.54, 1.807) is 0 Å². The highest BCUT2D eigenvalue weighted by Gasteiger charge is 2.21. The Morgan fingerprint density at radius 1 is 1.27 bits per heavy atom. The van der Waals surface area contributed by atoms with Gasteiger partial charge in [-0.15, -0.1) is 17.9 Å². The lowest BCUT2D eigenvalue weighted by Gasteiger charge is -2.11. The lowest BCUT2D eigenvalue weighted by atomic mass is 10.2. The van der Waals surface area contributed by atoms with Crippen LogP contribution in [0.3, 0.4) is 0 Å². The third-order valence-electron chi connectivity index (χ3n) is 0.952. The maximum Gasteiger partial charge on any atom is 0.104 e. The van der Waals surface area contributed by atoms with Gasteiger partial charge in [0.05, 0.1) is 19.0 Å². The van der Waals surface area contributed by atoms with Crippen molar-refractivity contribution in [2.75, 3.05) is 6.54 Å². The number of nitrogens with zero attached hydrogens (tertiary/aromatic N) is 3. The SMILES string of the molecule is N#CCC(CN(F)F)N(F)F. The summed E-state index contributed by atoms with van der Waals surface area (Å²) < 4.78 is 45.8. The van der Waals surface area contributed by atoms with Gasteiger partial charge in [-0.05, 0) is 0 Å². The van der Waals surface area contributed by atoms with Crippen LogP contribution >= 0.6 is 0 Å². The lowest BCUT2D eigenvalue weighted by molar-refractivity contribution is -0.228. The zero-order valence-corrected chi connectivity index (χ0v) is 5.35. The van der Waals surface area contributed by atoms with Gasteiger partial charge >= 0.3 is 0 Å². The minimum Gasteiger partial charge on any atom is -0.198 e. The first-order chi connectivity index (χ1) is 5.07. The molecule has 0 heterocycles. The fraction of sp³-hybridized carbons (Fsp3) is 0.750. The third kappa shape index (κ3) is 4.52. The van der Waals surface area contributed by atoms with E-state index in [-0.39, 0.29) is 0 Å². The summed E-state index contributed by atoms with van der Waals surface area (Å²) in [6, 6.07) is -0.354. The van der Waals surface area contributed by atoms with Crippen molar-refractivity contribution in [1.82, 2.24) is 10.7 Å². The first-order valence-electron chi connectivity index (χ1n) is 2.64. The standard InChI is InChI=1S/C4H5F4N3/c5-10(6)3-4(1-2-9)11(7)8/h4H,1,3H2. The van der Waals surface area contributed by atoms with Crippen LogP contribution in [0.15, 0.2) is 0 Å². The fourth-order valence-electron chi connectivity index (χ4n) is 0.460. The summed E-state index contributed by atoms with van der Waals surface area (Å²) in [4.78, 5) is 0. The van der Waals surface area contributed by atoms with Gasteiger partial charge in [-0.25, -0.2) is 0 Å². The molecule has 0 saturated heterocycles. The van der Waals surface area contributed by atoms with E-state index in [1.165, 1.54) is 6.07 Å². The van der Waals surface area contributed by atoms with Crippen LogP contribution in [0, 0.1) is 11.3 Å². The summed E-state index contributed by atoms with van der Waals surface area (Å²) in [5, 5.41) is 5.15. The molecule has 7 heteroatoms. The predicted molar refractivity (Wildman–Crippen MR) is 27.0 cm³/mol. The Hall–Kier alpha value is -0.870. The molecule has 1 atom stereocenters. The minimum atomic E-state index is -1.73. The van der Waals surface area contributed by atoms with Gasteiger partial charge in [0.15, 0.2) is 0 Å². The molecule has 0 rings (SSSR count). The number of rotatable bonds is 4. The number of hydrogen-bond acceptors (Lipinski definition) is 3. The summed E-state index contributed by atoms with van der Waals surface area (Å²) in [5.74, 6) is 0. The highest BCUT2D eigenvalue weighted by Crippen LogP contribution is 2.07. The van der Waals surface area contributed by atoms with E-state index in [4.69, 9.17) is 5.26 Å². The third-order valence-corrected chi connectivity index (χ3v) is 0.952. The van der Waals surface area contributed by atoms with E-state index in [1.807, 2.05) is 0 Å². The van der Waals surface area contributed by atoms with E-state index in [2.05, 4.69) is 0 Å². The molecule has 0 aliphatic carbocycles.